The molecule has 0 bridgehead atoms. The molecule has 0 aliphatic rings. The van der Waals surface area contributed by atoms with Crippen LogP contribution in [0.1, 0.15) is 62.0 Å². The maximum Gasteiger partial charge on any atom is 0.0573 e. The van der Waals surface area contributed by atoms with Gasteiger partial charge in [-0.25, -0.2) is 0 Å². The molecule has 1 heterocycles. The second kappa shape index (κ2) is 7.37. The number of benzene rings is 1. The zero-order chi connectivity index (χ0) is 15.2. The molecule has 1 unspecified atom stereocenters. The number of nitrogens with zero attached hydrogens (tertiary/aromatic N) is 1. The Bertz CT molecular complexity index is 558. The maximum absolute atomic E-state index is 4.49. The van der Waals surface area contributed by atoms with Crippen LogP contribution in [0.3, 0.4) is 0 Å². The largest absolute Gasteiger partial charge is 0.305 e. The fourth-order valence-electron chi connectivity index (χ4n) is 2.49. The van der Waals surface area contributed by atoms with Crippen LogP contribution < -0.4 is 5.32 Å². The number of hydrogen-bond acceptors (Lipinski definition) is 2. The monoisotopic (exact) mass is 282 g/mol. The van der Waals surface area contributed by atoms with E-state index in [-0.39, 0.29) is 0 Å². The first-order valence-corrected chi connectivity index (χ1v) is 7.87. The summed E-state index contributed by atoms with van der Waals surface area (Å²) in [5.41, 5.74) is 5.20. The summed E-state index contributed by atoms with van der Waals surface area (Å²) in [5, 5.41) is 3.58. The predicted molar refractivity (Wildman–Crippen MR) is 89.4 cm³/mol. The molecule has 0 spiro atoms. The lowest BCUT2D eigenvalue weighted by Gasteiger charge is -2.16. The lowest BCUT2D eigenvalue weighted by atomic mass is 9.99. The van der Waals surface area contributed by atoms with Crippen molar-refractivity contribution >= 4 is 0 Å². The number of aromatic nitrogens is 1. The van der Waals surface area contributed by atoms with Crippen LogP contribution in [0.5, 0.6) is 0 Å². The van der Waals surface area contributed by atoms with Crippen molar-refractivity contribution in [2.75, 3.05) is 0 Å². The molecule has 2 heteroatoms. The van der Waals surface area contributed by atoms with Gasteiger partial charge in [-0.05, 0) is 42.0 Å². The zero-order valence-electron chi connectivity index (χ0n) is 13.6. The van der Waals surface area contributed by atoms with E-state index in [4.69, 9.17) is 0 Å². The summed E-state index contributed by atoms with van der Waals surface area (Å²) in [7, 11) is 0. The Morgan fingerprint density at radius 2 is 1.67 bits per heavy atom. The molecule has 0 amide bonds. The highest BCUT2D eigenvalue weighted by molar-refractivity contribution is 5.27. The molecule has 21 heavy (non-hydrogen) atoms. The summed E-state index contributed by atoms with van der Waals surface area (Å²) < 4.78 is 0. The van der Waals surface area contributed by atoms with Gasteiger partial charge in [0.1, 0.15) is 0 Å². The van der Waals surface area contributed by atoms with Crippen LogP contribution in [0, 0.1) is 0 Å². The molecule has 1 N–H and O–H groups in total. The van der Waals surface area contributed by atoms with E-state index in [0.29, 0.717) is 12.0 Å². The molecule has 2 rings (SSSR count). The smallest absolute Gasteiger partial charge is 0.0573 e. The van der Waals surface area contributed by atoms with Gasteiger partial charge in [0.15, 0.2) is 0 Å². The predicted octanol–water partition coefficient (Wildman–Crippen LogP) is 4.62. The average molecular weight is 282 g/mol. The molecule has 0 aliphatic carbocycles. The minimum atomic E-state index is 0.331. The second-order valence-electron chi connectivity index (χ2n) is 5.89. The lowest BCUT2D eigenvalue weighted by molar-refractivity contribution is 0.565. The van der Waals surface area contributed by atoms with Gasteiger partial charge in [-0.1, -0.05) is 51.1 Å². The van der Waals surface area contributed by atoms with E-state index in [1.54, 1.807) is 0 Å². The van der Waals surface area contributed by atoms with Gasteiger partial charge < -0.3 is 5.32 Å². The van der Waals surface area contributed by atoms with Gasteiger partial charge in [0.05, 0.1) is 5.69 Å². The van der Waals surface area contributed by atoms with Crippen molar-refractivity contribution in [3.63, 3.8) is 0 Å². The summed E-state index contributed by atoms with van der Waals surface area (Å²) in [6.07, 6.45) is 2.90. The van der Waals surface area contributed by atoms with E-state index in [1.807, 2.05) is 12.3 Å². The van der Waals surface area contributed by atoms with Crippen LogP contribution in [0.25, 0.3) is 0 Å². The van der Waals surface area contributed by atoms with E-state index in [1.165, 1.54) is 16.7 Å². The van der Waals surface area contributed by atoms with Crippen LogP contribution in [0.4, 0.5) is 0 Å². The van der Waals surface area contributed by atoms with E-state index in [2.05, 4.69) is 68.3 Å². The molecule has 112 valence electrons. The van der Waals surface area contributed by atoms with Gasteiger partial charge in [-0.15, -0.1) is 0 Å². The van der Waals surface area contributed by atoms with E-state index < -0.39 is 0 Å². The van der Waals surface area contributed by atoms with Crippen LogP contribution in [0.2, 0.25) is 0 Å². The Labute approximate surface area is 128 Å². The Morgan fingerprint density at radius 3 is 2.29 bits per heavy atom. The molecule has 0 radical (unpaired) electrons. The highest BCUT2D eigenvalue weighted by Crippen LogP contribution is 2.19. The molecule has 0 saturated heterocycles. The maximum atomic E-state index is 4.49. The van der Waals surface area contributed by atoms with Gasteiger partial charge in [0.2, 0.25) is 0 Å². The van der Waals surface area contributed by atoms with Crippen molar-refractivity contribution in [1.82, 2.24) is 10.3 Å². The minimum Gasteiger partial charge on any atom is -0.305 e. The molecule has 0 aliphatic heterocycles. The summed E-state index contributed by atoms with van der Waals surface area (Å²) in [5.74, 6) is 0.586. The molecule has 2 nitrogen and oxygen atoms in total. The van der Waals surface area contributed by atoms with Crippen LogP contribution in [0.15, 0.2) is 42.6 Å². The summed E-state index contributed by atoms with van der Waals surface area (Å²) in [6, 6.07) is 13.4. The minimum absolute atomic E-state index is 0.331. The number of aryl methyl sites for hydroxylation is 1. The number of hydrogen-bond donors (Lipinski definition) is 1. The highest BCUT2D eigenvalue weighted by Gasteiger charge is 2.08. The van der Waals surface area contributed by atoms with Crippen LogP contribution in [-0.2, 0) is 13.0 Å². The van der Waals surface area contributed by atoms with Crippen molar-refractivity contribution in [2.24, 2.45) is 0 Å². The molecule has 1 atom stereocenters. The fourth-order valence-corrected chi connectivity index (χ4v) is 2.49. The van der Waals surface area contributed by atoms with Crippen LogP contribution >= 0.6 is 0 Å². The lowest BCUT2D eigenvalue weighted by Crippen LogP contribution is -2.19. The van der Waals surface area contributed by atoms with Gasteiger partial charge in [0, 0.05) is 18.8 Å². The average Bonchev–Trinajstić information content (AvgIpc) is 2.52. The third-order valence-corrected chi connectivity index (χ3v) is 4.04. The first-order chi connectivity index (χ1) is 10.1. The van der Waals surface area contributed by atoms with Gasteiger partial charge >= 0.3 is 0 Å². The Morgan fingerprint density at radius 1 is 1.00 bits per heavy atom. The Kier molecular flexibility index (Phi) is 5.51. The third kappa shape index (κ3) is 4.15. The van der Waals surface area contributed by atoms with Crippen molar-refractivity contribution in [1.29, 1.82) is 0 Å². The molecular formula is C19H26N2. The number of nitrogens with one attached hydrogen (secondary N) is 1. The molecule has 2 aromatic rings. The Hall–Kier alpha value is -1.67. The van der Waals surface area contributed by atoms with Crippen molar-refractivity contribution < 1.29 is 0 Å². The summed E-state index contributed by atoms with van der Waals surface area (Å²) in [6.45, 7) is 9.65. The third-order valence-electron chi connectivity index (χ3n) is 4.04. The van der Waals surface area contributed by atoms with Crippen molar-refractivity contribution in [3.05, 3.63) is 65.0 Å². The topological polar surface area (TPSA) is 24.9 Å². The highest BCUT2D eigenvalue weighted by atomic mass is 14.9. The second-order valence-corrected chi connectivity index (χ2v) is 5.89. The van der Waals surface area contributed by atoms with Crippen LogP contribution in [-0.4, -0.2) is 4.98 Å². The molecule has 1 aromatic carbocycles. The normalized spacial score (nSPS) is 12.6. The fraction of sp³-hybridized carbons (Fsp3) is 0.421. The van der Waals surface area contributed by atoms with Gasteiger partial charge in [-0.2, -0.15) is 0 Å². The molecule has 0 fully saturated rings. The molecule has 0 saturated carbocycles. The number of pyridine rings is 1. The first kappa shape index (κ1) is 15.7. The zero-order valence-corrected chi connectivity index (χ0v) is 13.6. The quantitative estimate of drug-likeness (QED) is 0.836. The molecular weight excluding hydrogens is 256 g/mol. The SMILES string of the molecule is CCc1cccnc1CNC(C)c1ccc(C(C)C)cc1. The summed E-state index contributed by atoms with van der Waals surface area (Å²) in [4.78, 5) is 4.49. The number of rotatable bonds is 6. The Balaban J connectivity index is 1.99. The van der Waals surface area contributed by atoms with Gasteiger partial charge in [-0.3, -0.25) is 4.98 Å². The van der Waals surface area contributed by atoms with E-state index in [9.17, 15) is 0 Å². The van der Waals surface area contributed by atoms with Gasteiger partial charge in [0.25, 0.3) is 0 Å². The standard InChI is InChI=1S/C19H26N2/c1-5-16-7-6-12-20-19(16)13-21-15(4)18-10-8-17(9-11-18)14(2)3/h6-12,14-15,21H,5,13H2,1-4H3. The van der Waals surface area contributed by atoms with Crippen molar-refractivity contribution in [2.45, 2.75) is 52.6 Å². The molecule has 1 aromatic heterocycles. The van der Waals surface area contributed by atoms with E-state index in [0.717, 1.165) is 18.7 Å². The van der Waals surface area contributed by atoms with E-state index >= 15 is 0 Å². The first-order valence-electron chi connectivity index (χ1n) is 7.87. The summed E-state index contributed by atoms with van der Waals surface area (Å²) >= 11 is 0. The van der Waals surface area contributed by atoms with Crippen molar-refractivity contribution in [3.8, 4) is 0 Å².